The number of aryl methyl sites for hydroxylation is 1. The Morgan fingerprint density at radius 1 is 1.23 bits per heavy atom. The fourth-order valence-electron chi connectivity index (χ4n) is 3.30. The number of H-pyrrole nitrogens is 1. The van der Waals surface area contributed by atoms with Crippen molar-refractivity contribution in [3.63, 3.8) is 0 Å². The van der Waals surface area contributed by atoms with Crippen molar-refractivity contribution in [3.8, 4) is 28.5 Å². The zero-order valence-electron chi connectivity index (χ0n) is 16.3. The number of hydrogen-bond donors (Lipinski definition) is 1. The largest absolute Gasteiger partial charge is 0.497 e. The van der Waals surface area contributed by atoms with E-state index in [-0.39, 0.29) is 5.97 Å². The van der Waals surface area contributed by atoms with Crippen molar-refractivity contribution in [1.82, 2.24) is 29.8 Å². The van der Waals surface area contributed by atoms with Gasteiger partial charge in [-0.3, -0.25) is 5.10 Å². The highest BCUT2D eigenvalue weighted by Gasteiger charge is 2.21. The number of ether oxygens (including phenoxy) is 2. The van der Waals surface area contributed by atoms with E-state index in [4.69, 9.17) is 9.47 Å². The Morgan fingerprint density at radius 2 is 2.10 bits per heavy atom. The molecule has 0 aliphatic carbocycles. The standard InChI is InChI=1S/C20H16N6O3S/c1-10-15-18-22-17(25-26(18)9-21-19(15)30-16(10)20(27)29-3)14-8-13(23-24-14)11-5-4-6-12(7-11)28-2/h4-9H,1-3H3,(H,23,24). The van der Waals surface area contributed by atoms with E-state index >= 15 is 0 Å². The van der Waals surface area contributed by atoms with Crippen molar-refractivity contribution in [2.75, 3.05) is 14.2 Å². The van der Waals surface area contributed by atoms with Gasteiger partial charge in [-0.2, -0.15) is 5.10 Å². The first-order valence-corrected chi connectivity index (χ1v) is 9.83. The molecule has 0 radical (unpaired) electrons. The lowest BCUT2D eigenvalue weighted by molar-refractivity contribution is 0.0605. The third kappa shape index (κ3) is 2.80. The van der Waals surface area contributed by atoms with Gasteiger partial charge in [0.15, 0.2) is 11.5 Å². The predicted octanol–water partition coefficient (Wildman–Crippen LogP) is 3.50. The molecule has 0 atom stereocenters. The average Bonchev–Trinajstić information content (AvgIpc) is 3.49. The minimum absolute atomic E-state index is 0.384. The second kappa shape index (κ2) is 6.92. The Hall–Kier alpha value is -3.79. The van der Waals surface area contributed by atoms with E-state index < -0.39 is 0 Å². The van der Waals surface area contributed by atoms with Crippen LogP contribution in [-0.4, -0.2) is 50.0 Å². The molecule has 150 valence electrons. The molecule has 0 bridgehead atoms. The Balaban J connectivity index is 1.60. The van der Waals surface area contributed by atoms with Gasteiger partial charge in [-0.1, -0.05) is 12.1 Å². The molecule has 5 aromatic rings. The zero-order chi connectivity index (χ0) is 20.8. The number of aromatic nitrogens is 6. The maximum atomic E-state index is 12.0. The smallest absolute Gasteiger partial charge is 0.348 e. The summed E-state index contributed by atoms with van der Waals surface area (Å²) in [7, 11) is 2.99. The van der Waals surface area contributed by atoms with Gasteiger partial charge in [0.05, 0.1) is 25.3 Å². The molecule has 9 nitrogen and oxygen atoms in total. The van der Waals surface area contributed by atoms with Crippen LogP contribution < -0.4 is 4.74 Å². The van der Waals surface area contributed by atoms with Crippen molar-refractivity contribution >= 4 is 33.2 Å². The van der Waals surface area contributed by atoms with Crippen LogP contribution in [-0.2, 0) is 4.74 Å². The highest BCUT2D eigenvalue weighted by molar-refractivity contribution is 7.20. The summed E-state index contributed by atoms with van der Waals surface area (Å²) in [6.45, 7) is 1.86. The SMILES string of the molecule is COC(=O)c1sc2ncn3nc(-c4cc(-c5cccc(OC)c5)n[nH]4)nc3c2c1C. The van der Waals surface area contributed by atoms with Gasteiger partial charge in [-0.25, -0.2) is 19.3 Å². The number of rotatable bonds is 4. The predicted molar refractivity (Wildman–Crippen MR) is 112 cm³/mol. The maximum Gasteiger partial charge on any atom is 0.348 e. The molecule has 0 unspecified atom stereocenters. The molecule has 30 heavy (non-hydrogen) atoms. The van der Waals surface area contributed by atoms with Crippen molar-refractivity contribution in [1.29, 1.82) is 0 Å². The second-order valence-corrected chi connectivity index (χ2v) is 7.57. The van der Waals surface area contributed by atoms with Crippen molar-refractivity contribution < 1.29 is 14.3 Å². The monoisotopic (exact) mass is 420 g/mol. The zero-order valence-corrected chi connectivity index (χ0v) is 17.1. The number of aromatic amines is 1. The summed E-state index contributed by atoms with van der Waals surface area (Å²) in [6.07, 6.45) is 1.59. The fraction of sp³-hybridized carbons (Fsp3) is 0.150. The van der Waals surface area contributed by atoms with Crippen LogP contribution in [0.3, 0.4) is 0 Å². The molecule has 0 spiro atoms. The third-order valence-corrected chi connectivity index (χ3v) is 6.00. The van der Waals surface area contributed by atoms with E-state index in [1.165, 1.54) is 18.4 Å². The Labute approximate surface area is 174 Å². The summed E-state index contributed by atoms with van der Waals surface area (Å²) in [5.41, 5.74) is 3.74. The molecular formula is C20H16N6O3S. The van der Waals surface area contributed by atoms with Crippen LogP contribution in [0.4, 0.5) is 0 Å². The van der Waals surface area contributed by atoms with Crippen LogP contribution in [0.25, 0.3) is 38.6 Å². The van der Waals surface area contributed by atoms with E-state index in [0.29, 0.717) is 26.9 Å². The van der Waals surface area contributed by atoms with Crippen LogP contribution in [0.15, 0.2) is 36.7 Å². The Bertz CT molecular complexity index is 1420. The van der Waals surface area contributed by atoms with Gasteiger partial charge >= 0.3 is 5.97 Å². The molecule has 10 heteroatoms. The lowest BCUT2D eigenvalue weighted by Crippen LogP contribution is -1.99. The third-order valence-electron chi connectivity index (χ3n) is 4.82. The van der Waals surface area contributed by atoms with Crippen LogP contribution in [0.2, 0.25) is 0 Å². The lowest BCUT2D eigenvalue weighted by Gasteiger charge is -2.00. The average molecular weight is 420 g/mol. The number of carbonyl (C=O) groups is 1. The summed E-state index contributed by atoms with van der Waals surface area (Å²) < 4.78 is 11.8. The molecule has 0 aliphatic rings. The van der Waals surface area contributed by atoms with Crippen LogP contribution in [0, 0.1) is 6.92 Å². The number of benzene rings is 1. The molecule has 5 rings (SSSR count). The van der Waals surface area contributed by atoms with Gasteiger partial charge in [0.25, 0.3) is 0 Å². The normalized spacial score (nSPS) is 11.3. The van der Waals surface area contributed by atoms with Crippen LogP contribution in [0.1, 0.15) is 15.2 Å². The molecule has 0 aliphatic heterocycles. The minimum Gasteiger partial charge on any atom is -0.497 e. The number of nitrogens with zero attached hydrogens (tertiary/aromatic N) is 5. The molecule has 4 heterocycles. The maximum absolute atomic E-state index is 12.0. The highest BCUT2D eigenvalue weighted by atomic mass is 32.1. The molecule has 4 aromatic heterocycles. The summed E-state index contributed by atoms with van der Waals surface area (Å²) in [5, 5.41) is 12.7. The lowest BCUT2D eigenvalue weighted by atomic mass is 10.1. The van der Waals surface area contributed by atoms with Gasteiger partial charge in [0, 0.05) is 5.56 Å². The van der Waals surface area contributed by atoms with Gasteiger partial charge in [-0.05, 0) is 30.7 Å². The van der Waals surface area contributed by atoms with E-state index in [2.05, 4.69) is 25.3 Å². The first kappa shape index (κ1) is 18.3. The summed E-state index contributed by atoms with van der Waals surface area (Å²) >= 11 is 1.28. The van der Waals surface area contributed by atoms with Crippen molar-refractivity contribution in [3.05, 3.63) is 47.1 Å². The van der Waals surface area contributed by atoms with E-state index in [9.17, 15) is 4.79 Å². The fourth-order valence-corrected chi connectivity index (χ4v) is 4.36. The van der Waals surface area contributed by atoms with Gasteiger partial charge in [-0.15, -0.1) is 16.4 Å². The molecule has 1 aromatic carbocycles. The number of methoxy groups -OCH3 is 2. The van der Waals surface area contributed by atoms with E-state index in [1.807, 2.05) is 37.3 Å². The minimum atomic E-state index is -0.384. The summed E-state index contributed by atoms with van der Waals surface area (Å²) in [4.78, 5) is 22.4. The van der Waals surface area contributed by atoms with E-state index in [0.717, 1.165) is 28.0 Å². The van der Waals surface area contributed by atoms with Gasteiger partial charge in [0.2, 0.25) is 0 Å². The van der Waals surface area contributed by atoms with Crippen molar-refractivity contribution in [2.24, 2.45) is 0 Å². The second-order valence-electron chi connectivity index (χ2n) is 6.57. The molecule has 0 saturated heterocycles. The molecule has 0 saturated carbocycles. The first-order chi connectivity index (χ1) is 14.6. The number of nitrogens with one attached hydrogen (secondary N) is 1. The number of carbonyl (C=O) groups excluding carboxylic acids is 1. The highest BCUT2D eigenvalue weighted by Crippen LogP contribution is 2.33. The molecular weight excluding hydrogens is 404 g/mol. The van der Waals surface area contributed by atoms with E-state index in [1.54, 1.807) is 18.0 Å². The Morgan fingerprint density at radius 3 is 2.90 bits per heavy atom. The van der Waals surface area contributed by atoms with Crippen LogP contribution >= 0.6 is 11.3 Å². The Kier molecular flexibility index (Phi) is 4.21. The summed E-state index contributed by atoms with van der Waals surface area (Å²) in [5.74, 6) is 0.853. The number of hydrogen-bond acceptors (Lipinski definition) is 8. The topological polar surface area (TPSA) is 107 Å². The molecule has 1 N–H and O–H groups in total. The molecule has 0 fully saturated rings. The number of esters is 1. The van der Waals surface area contributed by atoms with Gasteiger partial charge in [0.1, 0.15) is 27.5 Å². The van der Waals surface area contributed by atoms with Crippen LogP contribution in [0.5, 0.6) is 5.75 Å². The molecule has 0 amide bonds. The van der Waals surface area contributed by atoms with Gasteiger partial charge < -0.3 is 9.47 Å². The number of thiophene rings is 1. The summed E-state index contributed by atoms with van der Waals surface area (Å²) in [6, 6.07) is 9.54. The van der Waals surface area contributed by atoms with Crippen molar-refractivity contribution in [2.45, 2.75) is 6.92 Å². The first-order valence-electron chi connectivity index (χ1n) is 9.02. The quantitative estimate of drug-likeness (QED) is 0.443. The number of fused-ring (bicyclic) bond motifs is 3.